The van der Waals surface area contributed by atoms with Gasteiger partial charge in [0, 0.05) is 42.8 Å². The number of aromatic nitrogens is 2. The number of hydrogen-bond acceptors (Lipinski definition) is 6. The predicted octanol–water partition coefficient (Wildman–Crippen LogP) is 3.76. The normalized spacial score (nSPS) is 21.0. The number of amidine groups is 1. The van der Waals surface area contributed by atoms with E-state index in [4.69, 9.17) is 0 Å². The van der Waals surface area contributed by atoms with Crippen molar-refractivity contribution in [3.8, 4) is 11.4 Å². The lowest BCUT2D eigenvalue weighted by Gasteiger charge is -2.54. The first-order valence-corrected chi connectivity index (χ1v) is 11.6. The van der Waals surface area contributed by atoms with Gasteiger partial charge in [0.25, 0.3) is 0 Å². The van der Waals surface area contributed by atoms with Crippen molar-refractivity contribution >= 4 is 11.5 Å². The van der Waals surface area contributed by atoms with Gasteiger partial charge < -0.3 is 19.5 Å². The Bertz CT molecular complexity index is 1100. The zero-order valence-electron chi connectivity index (χ0n) is 19.3. The fourth-order valence-electron chi connectivity index (χ4n) is 4.97. The second-order valence-electron chi connectivity index (χ2n) is 9.62. The molecule has 7 heteroatoms. The van der Waals surface area contributed by atoms with Gasteiger partial charge in [0.2, 0.25) is 0 Å². The fraction of sp³-hybridized carbons (Fsp3) is 0.480. The molecule has 0 aliphatic carbocycles. The molecule has 1 spiro atoms. The summed E-state index contributed by atoms with van der Waals surface area (Å²) in [5.74, 6) is 1.26. The summed E-state index contributed by atoms with van der Waals surface area (Å²) in [6.45, 7) is 8.68. The fourth-order valence-corrected chi connectivity index (χ4v) is 4.97. The highest BCUT2D eigenvalue weighted by Crippen LogP contribution is 2.41. The Morgan fingerprint density at radius 2 is 1.91 bits per heavy atom. The third-order valence-electron chi connectivity index (χ3n) is 7.19. The number of piperidine rings is 1. The van der Waals surface area contributed by atoms with Gasteiger partial charge in [-0.1, -0.05) is 12.5 Å². The molecule has 7 nitrogen and oxygen atoms in total. The lowest BCUT2D eigenvalue weighted by molar-refractivity contribution is -0.00173. The third-order valence-corrected chi connectivity index (χ3v) is 7.19. The molecule has 1 N–H and O–H groups in total. The maximum atomic E-state index is 10.8. The number of aryl methyl sites for hydroxylation is 1. The predicted molar refractivity (Wildman–Crippen MR) is 128 cm³/mol. The van der Waals surface area contributed by atoms with Gasteiger partial charge in [-0.05, 0) is 64.5 Å². The van der Waals surface area contributed by atoms with Gasteiger partial charge in [0.1, 0.15) is 11.6 Å². The van der Waals surface area contributed by atoms with E-state index in [1.54, 1.807) is 12.4 Å². The molecule has 0 amide bonds. The number of hydrogen-bond donors (Lipinski definition) is 1. The minimum Gasteiger partial charge on any atom is -0.507 e. The number of imidazole rings is 1. The van der Waals surface area contributed by atoms with Gasteiger partial charge >= 0.3 is 0 Å². The molecule has 3 aliphatic heterocycles. The van der Waals surface area contributed by atoms with E-state index in [-0.39, 0.29) is 5.75 Å². The van der Waals surface area contributed by atoms with Crippen LogP contribution in [0.2, 0.25) is 0 Å². The smallest absolute Gasteiger partial charge is 0.131 e. The number of phenols is 1. The van der Waals surface area contributed by atoms with Crippen molar-refractivity contribution in [2.45, 2.75) is 39.5 Å². The first-order valence-electron chi connectivity index (χ1n) is 11.6. The summed E-state index contributed by atoms with van der Waals surface area (Å²) in [7, 11) is 2.21. The molecule has 0 radical (unpaired) electrons. The highest BCUT2D eigenvalue weighted by Gasteiger charge is 2.45. The quantitative estimate of drug-likeness (QED) is 0.802. The van der Waals surface area contributed by atoms with Gasteiger partial charge in [-0.15, -0.1) is 10.2 Å². The van der Waals surface area contributed by atoms with E-state index in [0.717, 1.165) is 48.9 Å². The maximum Gasteiger partial charge on any atom is 0.131 e. The van der Waals surface area contributed by atoms with Crippen molar-refractivity contribution in [2.24, 2.45) is 15.6 Å². The number of nitrogens with zero attached hydrogens (tertiary/aromatic N) is 6. The monoisotopic (exact) mass is 432 g/mol. The van der Waals surface area contributed by atoms with Crippen LogP contribution >= 0.6 is 0 Å². The molecular weight excluding hydrogens is 400 g/mol. The molecule has 5 rings (SSSR count). The molecule has 0 saturated carbocycles. The number of phenolic OH excluding ortho intramolecular Hbond substituents is 1. The van der Waals surface area contributed by atoms with E-state index in [1.807, 2.05) is 29.8 Å². The Hall–Kier alpha value is -2.93. The minimum absolute atomic E-state index is 0.201. The average molecular weight is 433 g/mol. The number of allylic oxidation sites excluding steroid dienone is 1. The zero-order chi connectivity index (χ0) is 22.3. The van der Waals surface area contributed by atoms with Crippen LogP contribution in [-0.4, -0.2) is 69.2 Å². The van der Waals surface area contributed by atoms with E-state index < -0.39 is 0 Å². The van der Waals surface area contributed by atoms with Crippen LogP contribution in [0.15, 0.2) is 52.6 Å². The summed E-state index contributed by atoms with van der Waals surface area (Å²) in [5, 5.41) is 20.0. The summed E-state index contributed by atoms with van der Waals surface area (Å²) in [4.78, 5) is 9.10. The van der Waals surface area contributed by atoms with Crippen molar-refractivity contribution < 1.29 is 5.11 Å². The molecule has 32 heavy (non-hydrogen) atoms. The second kappa shape index (κ2) is 8.20. The van der Waals surface area contributed by atoms with Crippen LogP contribution in [0.3, 0.4) is 0 Å². The average Bonchev–Trinajstić information content (AvgIpc) is 3.08. The topological polar surface area (TPSA) is 69.2 Å². The van der Waals surface area contributed by atoms with Crippen molar-refractivity contribution in [1.29, 1.82) is 0 Å². The minimum atomic E-state index is 0.201. The van der Waals surface area contributed by atoms with Crippen LogP contribution < -0.4 is 0 Å². The molecule has 0 atom stereocenters. The number of rotatable bonds is 3. The van der Waals surface area contributed by atoms with E-state index in [2.05, 4.69) is 45.0 Å². The van der Waals surface area contributed by atoms with Crippen molar-refractivity contribution in [3.63, 3.8) is 0 Å². The largest absolute Gasteiger partial charge is 0.507 e. The summed E-state index contributed by atoms with van der Waals surface area (Å²) in [6, 6.07) is 5.65. The van der Waals surface area contributed by atoms with E-state index in [9.17, 15) is 5.11 Å². The third kappa shape index (κ3) is 3.97. The first kappa shape index (κ1) is 20.9. The first-order chi connectivity index (χ1) is 15.4. The Labute approximate surface area is 189 Å². The van der Waals surface area contributed by atoms with Crippen molar-refractivity contribution in [3.05, 3.63) is 53.6 Å². The summed E-state index contributed by atoms with van der Waals surface area (Å²) in [6.07, 6.45) is 10.1. The van der Waals surface area contributed by atoms with Crippen LogP contribution in [0, 0.1) is 12.3 Å². The molecule has 3 aliphatic rings. The summed E-state index contributed by atoms with van der Waals surface area (Å²) in [5.41, 5.74) is 4.98. The Morgan fingerprint density at radius 1 is 1.12 bits per heavy atom. The molecule has 0 bridgehead atoms. The molecular formula is C25H32N6O. The summed E-state index contributed by atoms with van der Waals surface area (Å²) >= 11 is 0. The maximum absolute atomic E-state index is 10.8. The molecule has 1 aromatic heterocycles. The van der Waals surface area contributed by atoms with E-state index >= 15 is 0 Å². The molecule has 2 aromatic rings. The highest BCUT2D eigenvalue weighted by molar-refractivity contribution is 6.12. The van der Waals surface area contributed by atoms with Gasteiger partial charge in [-0.3, -0.25) is 0 Å². The van der Waals surface area contributed by atoms with Gasteiger partial charge in [0.15, 0.2) is 0 Å². The van der Waals surface area contributed by atoms with E-state index in [1.165, 1.54) is 31.5 Å². The number of aromatic hydroxyl groups is 1. The van der Waals surface area contributed by atoms with Gasteiger partial charge in [-0.25, -0.2) is 4.98 Å². The Kier molecular flexibility index (Phi) is 5.37. The van der Waals surface area contributed by atoms with Crippen LogP contribution in [-0.2, 0) is 0 Å². The van der Waals surface area contributed by atoms with E-state index in [0.29, 0.717) is 11.0 Å². The molecule has 1 aromatic carbocycles. The molecule has 2 saturated heterocycles. The van der Waals surface area contributed by atoms with Crippen molar-refractivity contribution in [1.82, 2.24) is 19.4 Å². The molecule has 4 heterocycles. The lowest BCUT2D eigenvalue weighted by Crippen LogP contribution is -2.61. The Balaban J connectivity index is 1.37. The standard InChI is InChI=1S/C25H32N6O/c1-4-19-11-22(21-6-5-20(13-23(21)32)30-14-18(2)26-17-30)27-28-24(12-19)31-15-25(16-31)7-9-29(3)10-8-25/h5-6,11,13-14,17,32H,4,7-10,12,15-16H2,1-3H3. The molecule has 2 fully saturated rings. The van der Waals surface area contributed by atoms with Crippen molar-refractivity contribution in [2.75, 3.05) is 33.2 Å². The highest BCUT2D eigenvalue weighted by atomic mass is 16.3. The Morgan fingerprint density at radius 3 is 2.56 bits per heavy atom. The van der Waals surface area contributed by atoms with Gasteiger partial charge in [-0.2, -0.15) is 0 Å². The lowest BCUT2D eigenvalue weighted by atomic mass is 9.72. The van der Waals surface area contributed by atoms with Crippen LogP contribution in [0.1, 0.15) is 43.9 Å². The van der Waals surface area contributed by atoms with Crippen LogP contribution in [0.5, 0.6) is 5.75 Å². The zero-order valence-corrected chi connectivity index (χ0v) is 19.3. The second-order valence-corrected chi connectivity index (χ2v) is 9.62. The SMILES string of the molecule is CCC1=CC(c2ccc(-n3cnc(C)c3)cc2O)=NN=C(N2CC3(CCN(C)CC3)C2)C1. The molecule has 168 valence electrons. The number of benzene rings is 1. The molecule has 0 unspecified atom stereocenters. The van der Waals surface area contributed by atoms with Crippen LogP contribution in [0.25, 0.3) is 5.69 Å². The summed E-state index contributed by atoms with van der Waals surface area (Å²) < 4.78 is 1.90. The number of likely N-dealkylation sites (tertiary alicyclic amines) is 2. The van der Waals surface area contributed by atoms with Gasteiger partial charge in [0.05, 0.1) is 23.4 Å². The van der Waals surface area contributed by atoms with Crippen LogP contribution in [0.4, 0.5) is 0 Å².